The van der Waals surface area contributed by atoms with Gasteiger partial charge in [0.25, 0.3) is 0 Å². The molecular weight excluding hydrogens is 248 g/mol. The molecule has 0 aliphatic rings. The first-order valence-corrected chi connectivity index (χ1v) is 6.85. The van der Waals surface area contributed by atoms with E-state index >= 15 is 0 Å². The van der Waals surface area contributed by atoms with E-state index in [-0.39, 0.29) is 5.78 Å². The quantitative estimate of drug-likeness (QED) is 0.780. The number of hydrogen-bond donors (Lipinski definition) is 0. The van der Waals surface area contributed by atoms with Crippen LogP contribution < -0.4 is 4.74 Å². The van der Waals surface area contributed by atoms with Gasteiger partial charge in [-0.05, 0) is 43.0 Å². The van der Waals surface area contributed by atoms with Crippen molar-refractivity contribution in [1.82, 2.24) is 0 Å². The number of carbonyl (C=O) groups excluding carboxylic acids is 1. The molecule has 0 bridgehead atoms. The van der Waals surface area contributed by atoms with Crippen molar-refractivity contribution in [1.29, 1.82) is 0 Å². The minimum absolute atomic E-state index is 0.0157. The predicted molar refractivity (Wildman–Crippen MR) is 81.7 cm³/mol. The monoisotopic (exact) mass is 268 g/mol. The third-order valence-electron chi connectivity index (χ3n) is 3.52. The number of methoxy groups -OCH3 is 1. The van der Waals surface area contributed by atoms with Crippen molar-refractivity contribution in [2.45, 2.75) is 27.2 Å². The molecule has 2 heteroatoms. The van der Waals surface area contributed by atoms with Gasteiger partial charge in [0, 0.05) is 5.56 Å². The summed E-state index contributed by atoms with van der Waals surface area (Å²) in [5.41, 5.74) is 4.63. The molecular formula is C18H20O2. The topological polar surface area (TPSA) is 26.3 Å². The van der Waals surface area contributed by atoms with Crippen LogP contribution in [-0.2, 0) is 6.42 Å². The largest absolute Gasteiger partial charge is 0.496 e. The standard InChI is InChI=1S/C18H20O2/c1-5-14-6-8-15(9-7-14)18(19)17-13(3)10-12(2)11-16(17)20-4/h6-11H,5H2,1-4H3. The maximum atomic E-state index is 12.7. The van der Waals surface area contributed by atoms with Crippen LogP contribution in [-0.4, -0.2) is 12.9 Å². The van der Waals surface area contributed by atoms with Crippen LogP contribution in [0.3, 0.4) is 0 Å². The highest BCUT2D eigenvalue weighted by molar-refractivity contribution is 6.11. The molecule has 0 aliphatic heterocycles. The highest BCUT2D eigenvalue weighted by Gasteiger charge is 2.17. The van der Waals surface area contributed by atoms with Crippen LogP contribution >= 0.6 is 0 Å². The van der Waals surface area contributed by atoms with E-state index in [1.165, 1.54) is 5.56 Å². The van der Waals surface area contributed by atoms with Gasteiger partial charge in [0.1, 0.15) is 5.75 Å². The molecule has 0 N–H and O–H groups in total. The molecule has 2 rings (SSSR count). The fourth-order valence-electron chi connectivity index (χ4n) is 2.42. The minimum atomic E-state index is 0.0157. The first-order chi connectivity index (χ1) is 9.56. The van der Waals surface area contributed by atoms with E-state index < -0.39 is 0 Å². The van der Waals surface area contributed by atoms with Crippen molar-refractivity contribution >= 4 is 5.78 Å². The molecule has 0 spiro atoms. The normalized spacial score (nSPS) is 10.4. The summed E-state index contributed by atoms with van der Waals surface area (Å²) in [6.45, 7) is 6.05. The predicted octanol–water partition coefficient (Wildman–Crippen LogP) is 4.11. The van der Waals surface area contributed by atoms with Crippen molar-refractivity contribution in [2.75, 3.05) is 7.11 Å². The van der Waals surface area contributed by atoms with Crippen LogP contribution in [0.25, 0.3) is 0 Å². The van der Waals surface area contributed by atoms with Crippen molar-refractivity contribution in [3.05, 3.63) is 64.2 Å². The fraction of sp³-hybridized carbons (Fsp3) is 0.278. The van der Waals surface area contributed by atoms with E-state index in [1.54, 1.807) is 7.11 Å². The molecule has 2 aromatic carbocycles. The summed E-state index contributed by atoms with van der Waals surface area (Å²) in [6.07, 6.45) is 0.974. The van der Waals surface area contributed by atoms with E-state index in [2.05, 4.69) is 6.92 Å². The summed E-state index contributed by atoms with van der Waals surface area (Å²) in [5, 5.41) is 0. The number of hydrogen-bond acceptors (Lipinski definition) is 2. The second kappa shape index (κ2) is 5.91. The first-order valence-electron chi connectivity index (χ1n) is 6.85. The number of ether oxygens (including phenoxy) is 1. The Bertz CT molecular complexity index is 625. The van der Waals surface area contributed by atoms with Gasteiger partial charge in [-0.2, -0.15) is 0 Å². The van der Waals surface area contributed by atoms with E-state index in [0.29, 0.717) is 16.9 Å². The lowest BCUT2D eigenvalue weighted by Crippen LogP contribution is -2.07. The first kappa shape index (κ1) is 14.3. The number of rotatable bonds is 4. The Morgan fingerprint density at radius 3 is 2.30 bits per heavy atom. The molecule has 0 aliphatic carbocycles. The molecule has 0 atom stereocenters. The molecule has 2 nitrogen and oxygen atoms in total. The molecule has 0 amide bonds. The summed E-state index contributed by atoms with van der Waals surface area (Å²) in [4.78, 5) is 12.7. The Morgan fingerprint density at radius 1 is 1.10 bits per heavy atom. The number of ketones is 1. The average Bonchev–Trinajstić information content (AvgIpc) is 2.46. The summed E-state index contributed by atoms with van der Waals surface area (Å²) in [7, 11) is 1.60. The van der Waals surface area contributed by atoms with E-state index in [0.717, 1.165) is 17.5 Å². The molecule has 20 heavy (non-hydrogen) atoms. The molecule has 0 saturated carbocycles. The Hall–Kier alpha value is -2.09. The van der Waals surface area contributed by atoms with Gasteiger partial charge >= 0.3 is 0 Å². The molecule has 0 fully saturated rings. The lowest BCUT2D eigenvalue weighted by molar-refractivity contribution is 0.103. The van der Waals surface area contributed by atoms with Gasteiger partial charge < -0.3 is 4.74 Å². The zero-order valence-corrected chi connectivity index (χ0v) is 12.5. The van der Waals surface area contributed by atoms with Crippen molar-refractivity contribution < 1.29 is 9.53 Å². The summed E-state index contributed by atoms with van der Waals surface area (Å²) >= 11 is 0. The zero-order chi connectivity index (χ0) is 14.7. The Labute approximate surface area is 120 Å². The molecule has 104 valence electrons. The summed E-state index contributed by atoms with van der Waals surface area (Å²) in [6, 6.07) is 11.7. The van der Waals surface area contributed by atoms with Crippen molar-refractivity contribution in [3.63, 3.8) is 0 Å². The third kappa shape index (κ3) is 2.74. The Kier molecular flexibility index (Phi) is 4.23. The maximum absolute atomic E-state index is 12.7. The number of aryl methyl sites for hydroxylation is 3. The number of benzene rings is 2. The fourth-order valence-corrected chi connectivity index (χ4v) is 2.42. The van der Waals surface area contributed by atoms with E-state index in [9.17, 15) is 4.79 Å². The second-order valence-corrected chi connectivity index (χ2v) is 5.04. The van der Waals surface area contributed by atoms with Crippen LogP contribution in [0, 0.1) is 13.8 Å². The van der Waals surface area contributed by atoms with Gasteiger partial charge in [0.2, 0.25) is 0 Å². The number of carbonyl (C=O) groups is 1. The second-order valence-electron chi connectivity index (χ2n) is 5.04. The molecule has 2 aromatic rings. The molecule has 0 radical (unpaired) electrons. The SMILES string of the molecule is CCc1ccc(C(=O)c2c(C)cc(C)cc2OC)cc1. The van der Waals surface area contributed by atoms with Crippen LogP contribution in [0.5, 0.6) is 5.75 Å². The zero-order valence-electron chi connectivity index (χ0n) is 12.5. The maximum Gasteiger partial charge on any atom is 0.197 e. The Balaban J connectivity index is 2.47. The van der Waals surface area contributed by atoms with Gasteiger partial charge in [0.15, 0.2) is 5.78 Å². The highest BCUT2D eigenvalue weighted by Crippen LogP contribution is 2.27. The van der Waals surface area contributed by atoms with Gasteiger partial charge in [-0.15, -0.1) is 0 Å². The molecule has 0 saturated heterocycles. The smallest absolute Gasteiger partial charge is 0.197 e. The van der Waals surface area contributed by atoms with Crippen LogP contribution in [0.4, 0.5) is 0 Å². The van der Waals surface area contributed by atoms with Gasteiger partial charge in [-0.3, -0.25) is 4.79 Å². The van der Waals surface area contributed by atoms with Gasteiger partial charge in [-0.1, -0.05) is 37.3 Å². The third-order valence-corrected chi connectivity index (χ3v) is 3.52. The molecule has 0 unspecified atom stereocenters. The molecule has 0 heterocycles. The van der Waals surface area contributed by atoms with Crippen LogP contribution in [0.1, 0.15) is 39.5 Å². The van der Waals surface area contributed by atoms with E-state index in [1.807, 2.05) is 50.2 Å². The lowest BCUT2D eigenvalue weighted by atomic mass is 9.95. The summed E-state index contributed by atoms with van der Waals surface area (Å²) < 4.78 is 5.37. The van der Waals surface area contributed by atoms with Crippen LogP contribution in [0.2, 0.25) is 0 Å². The molecule has 0 aromatic heterocycles. The lowest BCUT2D eigenvalue weighted by Gasteiger charge is -2.12. The van der Waals surface area contributed by atoms with Crippen LogP contribution in [0.15, 0.2) is 36.4 Å². The minimum Gasteiger partial charge on any atom is -0.496 e. The van der Waals surface area contributed by atoms with E-state index in [4.69, 9.17) is 4.74 Å². The Morgan fingerprint density at radius 2 is 1.75 bits per heavy atom. The van der Waals surface area contributed by atoms with Crippen molar-refractivity contribution in [2.24, 2.45) is 0 Å². The summed E-state index contributed by atoms with van der Waals surface area (Å²) in [5.74, 6) is 0.661. The highest BCUT2D eigenvalue weighted by atomic mass is 16.5. The van der Waals surface area contributed by atoms with Gasteiger partial charge in [0.05, 0.1) is 12.7 Å². The average molecular weight is 268 g/mol. The van der Waals surface area contributed by atoms with Crippen molar-refractivity contribution in [3.8, 4) is 5.75 Å². The van der Waals surface area contributed by atoms with Gasteiger partial charge in [-0.25, -0.2) is 0 Å².